The molecule has 142 valence electrons. The van der Waals surface area contributed by atoms with Crippen LogP contribution in [-0.2, 0) is 9.53 Å². The van der Waals surface area contributed by atoms with Crippen molar-refractivity contribution >= 4 is 5.97 Å². The van der Waals surface area contributed by atoms with Crippen molar-refractivity contribution < 1.29 is 24.9 Å². The lowest BCUT2D eigenvalue weighted by Crippen LogP contribution is -2.18. The molecule has 3 N–H and O–H groups in total. The van der Waals surface area contributed by atoms with Crippen LogP contribution in [0, 0.1) is 11.8 Å². The highest BCUT2D eigenvalue weighted by Gasteiger charge is 2.46. The van der Waals surface area contributed by atoms with Gasteiger partial charge in [-0.15, -0.1) is 0 Å². The number of fused-ring (bicyclic) bond motifs is 1. The van der Waals surface area contributed by atoms with Crippen molar-refractivity contribution in [3.05, 3.63) is 24.0 Å². The number of carboxylic acid groups (broad SMARTS) is 1. The first-order valence-electron chi connectivity index (χ1n) is 9.63. The number of hydrogen-bond donors (Lipinski definition) is 3. The van der Waals surface area contributed by atoms with E-state index in [1.807, 2.05) is 18.2 Å². The summed E-state index contributed by atoms with van der Waals surface area (Å²) in [5.41, 5.74) is 0. The third-order valence-electron chi connectivity index (χ3n) is 5.26. The minimum atomic E-state index is -0.770. The van der Waals surface area contributed by atoms with E-state index in [-0.39, 0.29) is 24.4 Å². The van der Waals surface area contributed by atoms with E-state index in [0.717, 1.165) is 37.9 Å². The van der Waals surface area contributed by atoms with Gasteiger partial charge in [0.05, 0.1) is 18.0 Å². The molecule has 1 aliphatic heterocycles. The smallest absolute Gasteiger partial charge is 0.303 e. The van der Waals surface area contributed by atoms with Gasteiger partial charge in [0, 0.05) is 31.1 Å². The standard InChI is InChI=1S/C20H32O5/c1-2-3-4-7-14(21)10-11-16-17-12-15(8-5-6-9-20(23)24)25-19(17)13-18(16)22/h8,10-11,14,16-19,21-22H,2-7,9,12-13H2,1H3,(H,23,24)/b11-10+,15-8+/t14-,16?,17+,18-,19-/m0/s1. The number of ether oxygens (including phenoxy) is 1. The normalized spacial score (nSPS) is 31.4. The van der Waals surface area contributed by atoms with Crippen LogP contribution >= 0.6 is 0 Å². The summed E-state index contributed by atoms with van der Waals surface area (Å²) < 4.78 is 5.94. The second-order valence-electron chi connectivity index (χ2n) is 7.31. The van der Waals surface area contributed by atoms with Gasteiger partial charge in [-0.25, -0.2) is 0 Å². The fraction of sp³-hybridized carbons (Fsp3) is 0.750. The molecule has 2 fully saturated rings. The van der Waals surface area contributed by atoms with Crippen LogP contribution in [0.5, 0.6) is 0 Å². The Morgan fingerprint density at radius 3 is 2.88 bits per heavy atom. The summed E-state index contributed by atoms with van der Waals surface area (Å²) in [5, 5.41) is 29.0. The third-order valence-corrected chi connectivity index (χ3v) is 5.26. The van der Waals surface area contributed by atoms with Crippen LogP contribution in [0.1, 0.15) is 64.7 Å². The lowest BCUT2D eigenvalue weighted by molar-refractivity contribution is -0.137. The molecule has 5 heteroatoms. The maximum absolute atomic E-state index is 10.5. The van der Waals surface area contributed by atoms with Gasteiger partial charge >= 0.3 is 5.97 Å². The summed E-state index contributed by atoms with van der Waals surface area (Å²) in [4.78, 5) is 10.5. The predicted molar refractivity (Wildman–Crippen MR) is 96.0 cm³/mol. The third kappa shape index (κ3) is 6.15. The minimum Gasteiger partial charge on any atom is -0.495 e. The average Bonchev–Trinajstić information content (AvgIpc) is 3.06. The second-order valence-corrected chi connectivity index (χ2v) is 7.31. The van der Waals surface area contributed by atoms with Crippen LogP contribution in [0.4, 0.5) is 0 Å². The zero-order valence-corrected chi connectivity index (χ0v) is 15.1. The molecule has 1 heterocycles. The molecule has 5 nitrogen and oxygen atoms in total. The van der Waals surface area contributed by atoms with Crippen molar-refractivity contribution in [2.45, 2.75) is 83.0 Å². The average molecular weight is 352 g/mol. The molecule has 2 aliphatic rings. The fourth-order valence-corrected chi connectivity index (χ4v) is 3.86. The van der Waals surface area contributed by atoms with Gasteiger partial charge in [-0.2, -0.15) is 0 Å². The Bertz CT molecular complexity index is 484. The minimum absolute atomic E-state index is 0.0238. The van der Waals surface area contributed by atoms with Gasteiger partial charge in [0.2, 0.25) is 0 Å². The second kappa shape index (κ2) is 9.97. The Labute approximate surface area is 150 Å². The molecular formula is C20H32O5. The van der Waals surface area contributed by atoms with Crippen molar-refractivity contribution in [1.82, 2.24) is 0 Å². The lowest BCUT2D eigenvalue weighted by atomic mass is 9.90. The zero-order chi connectivity index (χ0) is 18.2. The Morgan fingerprint density at radius 2 is 2.16 bits per heavy atom. The van der Waals surface area contributed by atoms with E-state index in [4.69, 9.17) is 9.84 Å². The van der Waals surface area contributed by atoms with Crippen molar-refractivity contribution in [2.24, 2.45) is 11.8 Å². The largest absolute Gasteiger partial charge is 0.495 e. The Kier molecular flexibility index (Phi) is 7.97. The molecule has 0 aromatic rings. The van der Waals surface area contributed by atoms with Crippen LogP contribution in [0.15, 0.2) is 24.0 Å². The van der Waals surface area contributed by atoms with Gasteiger partial charge in [0.1, 0.15) is 6.10 Å². The van der Waals surface area contributed by atoms with Crippen LogP contribution in [0.2, 0.25) is 0 Å². The molecule has 1 saturated carbocycles. The summed E-state index contributed by atoms with van der Waals surface area (Å²) in [6.45, 7) is 2.14. The first-order chi connectivity index (χ1) is 12.0. The van der Waals surface area contributed by atoms with E-state index in [2.05, 4.69) is 6.92 Å². The number of aliphatic carboxylic acids is 1. The molecule has 5 atom stereocenters. The molecule has 1 saturated heterocycles. The Morgan fingerprint density at radius 1 is 1.36 bits per heavy atom. The van der Waals surface area contributed by atoms with E-state index in [1.54, 1.807) is 0 Å². The Hall–Kier alpha value is -1.33. The summed E-state index contributed by atoms with van der Waals surface area (Å²) >= 11 is 0. The van der Waals surface area contributed by atoms with E-state index >= 15 is 0 Å². The quantitative estimate of drug-likeness (QED) is 0.414. The van der Waals surface area contributed by atoms with Crippen molar-refractivity contribution in [3.8, 4) is 0 Å². The number of carbonyl (C=O) groups is 1. The van der Waals surface area contributed by atoms with E-state index in [0.29, 0.717) is 19.3 Å². The van der Waals surface area contributed by atoms with Crippen molar-refractivity contribution in [1.29, 1.82) is 0 Å². The molecule has 0 amide bonds. The molecule has 0 aromatic carbocycles. The van der Waals surface area contributed by atoms with Gasteiger partial charge in [0.25, 0.3) is 0 Å². The highest BCUT2D eigenvalue weighted by atomic mass is 16.5. The number of aliphatic hydroxyl groups excluding tert-OH is 2. The number of carboxylic acids is 1. The van der Waals surface area contributed by atoms with Gasteiger partial charge in [0.15, 0.2) is 0 Å². The zero-order valence-electron chi connectivity index (χ0n) is 15.1. The molecule has 1 unspecified atom stereocenters. The predicted octanol–water partition coefficient (Wildman–Crippen LogP) is 3.41. The molecule has 1 aliphatic carbocycles. The van der Waals surface area contributed by atoms with Gasteiger partial charge < -0.3 is 20.1 Å². The molecule has 2 rings (SSSR count). The van der Waals surface area contributed by atoms with Crippen LogP contribution in [-0.4, -0.2) is 39.6 Å². The van der Waals surface area contributed by atoms with Gasteiger partial charge in [-0.1, -0.05) is 38.3 Å². The van der Waals surface area contributed by atoms with E-state index in [1.165, 1.54) is 0 Å². The number of unbranched alkanes of at least 4 members (excludes halogenated alkanes) is 3. The van der Waals surface area contributed by atoms with Crippen LogP contribution < -0.4 is 0 Å². The first-order valence-corrected chi connectivity index (χ1v) is 9.63. The highest BCUT2D eigenvalue weighted by Crippen LogP contribution is 2.45. The lowest BCUT2D eigenvalue weighted by Gasteiger charge is -2.16. The summed E-state index contributed by atoms with van der Waals surface area (Å²) in [7, 11) is 0. The van der Waals surface area contributed by atoms with E-state index in [9.17, 15) is 15.0 Å². The van der Waals surface area contributed by atoms with Crippen molar-refractivity contribution in [3.63, 3.8) is 0 Å². The maximum Gasteiger partial charge on any atom is 0.303 e. The van der Waals surface area contributed by atoms with Crippen LogP contribution in [0.25, 0.3) is 0 Å². The maximum atomic E-state index is 10.5. The molecule has 0 radical (unpaired) electrons. The van der Waals surface area contributed by atoms with Gasteiger partial charge in [-0.05, 0) is 25.3 Å². The van der Waals surface area contributed by atoms with Gasteiger partial charge in [-0.3, -0.25) is 4.79 Å². The van der Waals surface area contributed by atoms with E-state index < -0.39 is 18.2 Å². The monoisotopic (exact) mass is 352 g/mol. The Balaban J connectivity index is 1.83. The number of hydrogen-bond acceptors (Lipinski definition) is 4. The number of allylic oxidation sites excluding steroid dienone is 2. The fourth-order valence-electron chi connectivity index (χ4n) is 3.86. The van der Waals surface area contributed by atoms with Crippen LogP contribution in [0.3, 0.4) is 0 Å². The SMILES string of the molecule is CCCCC[C@H](O)/C=C/C1[C@H]2C/C(=C\CCCC(=O)O)O[C@H]2C[C@@H]1O. The molecular weight excluding hydrogens is 320 g/mol. The van der Waals surface area contributed by atoms with Crippen molar-refractivity contribution in [2.75, 3.05) is 0 Å². The summed E-state index contributed by atoms with van der Waals surface area (Å²) in [6.07, 6.45) is 12.0. The highest BCUT2D eigenvalue weighted by molar-refractivity contribution is 5.66. The summed E-state index contributed by atoms with van der Waals surface area (Å²) in [5.74, 6) is 0.429. The molecule has 0 spiro atoms. The first kappa shape index (κ1) is 20.0. The summed E-state index contributed by atoms with van der Waals surface area (Å²) in [6, 6.07) is 0. The molecule has 25 heavy (non-hydrogen) atoms. The number of aliphatic hydroxyl groups is 2. The topological polar surface area (TPSA) is 87.0 Å². The molecule has 0 bridgehead atoms. The number of rotatable bonds is 10. The molecule has 0 aromatic heterocycles.